The van der Waals surface area contributed by atoms with Gasteiger partial charge in [-0.3, -0.25) is 4.79 Å². The van der Waals surface area contributed by atoms with Crippen molar-refractivity contribution >= 4 is 51.3 Å². The third-order valence-electron chi connectivity index (χ3n) is 5.20. The van der Waals surface area contributed by atoms with Crippen LogP contribution in [-0.4, -0.2) is 40.5 Å². The van der Waals surface area contributed by atoms with Crippen molar-refractivity contribution in [2.75, 3.05) is 35.3 Å². The molecule has 0 saturated carbocycles. The number of thiazole rings is 1. The van der Waals surface area contributed by atoms with Crippen molar-refractivity contribution in [3.63, 3.8) is 0 Å². The van der Waals surface area contributed by atoms with Gasteiger partial charge in [0.1, 0.15) is 16.5 Å². The van der Waals surface area contributed by atoms with Crippen molar-refractivity contribution in [1.82, 2.24) is 14.9 Å². The van der Waals surface area contributed by atoms with E-state index in [9.17, 15) is 4.79 Å². The smallest absolute Gasteiger partial charge is 0.260 e. The van der Waals surface area contributed by atoms with Crippen LogP contribution in [0.2, 0.25) is 5.02 Å². The number of pyridine rings is 1. The van der Waals surface area contributed by atoms with E-state index in [0.29, 0.717) is 21.5 Å². The third-order valence-corrected chi connectivity index (χ3v) is 6.59. The molecule has 172 valence electrons. The number of rotatable bonds is 9. The van der Waals surface area contributed by atoms with Crippen LogP contribution in [0.4, 0.5) is 22.5 Å². The SMILES string of the molecule is Cc1cccc(Cl)c1N1C=CN(CCCNc2cccc(Nc3nc(C)c(C(N)=O)s3)n2)C1. The van der Waals surface area contributed by atoms with Gasteiger partial charge >= 0.3 is 0 Å². The van der Waals surface area contributed by atoms with E-state index in [2.05, 4.69) is 55.8 Å². The van der Waals surface area contributed by atoms with Crippen molar-refractivity contribution in [2.45, 2.75) is 20.3 Å². The molecule has 3 aromatic rings. The molecule has 0 saturated heterocycles. The minimum atomic E-state index is -0.473. The second kappa shape index (κ2) is 10.1. The predicted octanol–water partition coefficient (Wildman–Crippen LogP) is 4.70. The molecule has 0 atom stereocenters. The normalized spacial score (nSPS) is 12.9. The molecule has 2 aromatic heterocycles. The average molecular weight is 484 g/mol. The van der Waals surface area contributed by atoms with Crippen molar-refractivity contribution in [3.8, 4) is 0 Å². The Hall–Kier alpha value is -3.30. The number of benzene rings is 1. The Labute approximate surface area is 202 Å². The van der Waals surface area contributed by atoms with Gasteiger partial charge in [-0.25, -0.2) is 9.97 Å². The molecule has 0 aliphatic carbocycles. The summed E-state index contributed by atoms with van der Waals surface area (Å²) in [5, 5.41) is 7.86. The number of anilines is 4. The molecule has 0 fully saturated rings. The predicted molar refractivity (Wildman–Crippen MR) is 135 cm³/mol. The molecule has 1 aliphatic rings. The van der Waals surface area contributed by atoms with Crippen LogP contribution in [-0.2, 0) is 0 Å². The monoisotopic (exact) mass is 483 g/mol. The van der Waals surface area contributed by atoms with Crippen LogP contribution in [0.25, 0.3) is 0 Å². The molecule has 0 bridgehead atoms. The van der Waals surface area contributed by atoms with E-state index < -0.39 is 5.91 Å². The molecule has 0 radical (unpaired) electrons. The fourth-order valence-corrected chi connectivity index (χ4v) is 4.79. The minimum absolute atomic E-state index is 0.450. The van der Waals surface area contributed by atoms with Gasteiger partial charge in [-0.2, -0.15) is 0 Å². The Balaban J connectivity index is 1.25. The summed E-state index contributed by atoms with van der Waals surface area (Å²) in [6.07, 6.45) is 5.12. The van der Waals surface area contributed by atoms with Crippen LogP contribution in [0.15, 0.2) is 48.8 Å². The van der Waals surface area contributed by atoms with Crippen LogP contribution in [0.1, 0.15) is 27.3 Å². The number of carbonyl (C=O) groups excluding carboxylic acids is 1. The molecule has 4 rings (SSSR count). The Kier molecular flexibility index (Phi) is 7.00. The molecule has 4 N–H and O–H groups in total. The molecule has 0 spiro atoms. The Morgan fingerprint density at radius 3 is 2.70 bits per heavy atom. The third kappa shape index (κ3) is 5.55. The van der Waals surface area contributed by atoms with Gasteiger partial charge in [0.15, 0.2) is 5.13 Å². The largest absolute Gasteiger partial charge is 0.370 e. The van der Waals surface area contributed by atoms with Crippen LogP contribution in [0.5, 0.6) is 0 Å². The maximum atomic E-state index is 11.4. The van der Waals surface area contributed by atoms with E-state index in [-0.39, 0.29) is 0 Å². The Morgan fingerprint density at radius 2 is 1.94 bits per heavy atom. The number of nitrogens with zero attached hydrogens (tertiary/aromatic N) is 4. The summed E-state index contributed by atoms with van der Waals surface area (Å²) < 4.78 is 0. The van der Waals surface area contributed by atoms with Crippen molar-refractivity contribution < 1.29 is 4.79 Å². The Bertz CT molecular complexity index is 1160. The highest BCUT2D eigenvalue weighted by atomic mass is 35.5. The average Bonchev–Trinajstić information content (AvgIpc) is 3.38. The quantitative estimate of drug-likeness (QED) is 0.379. The standard InChI is InChI=1S/C23H26ClN7OS/c1-15-6-3-7-17(24)20(15)31-13-12-30(14-31)11-5-10-26-18-8-4-9-19(28-18)29-23-27-16(2)21(33-23)22(25)32/h3-4,6-9,12-13H,5,10-11,14H2,1-2H3,(H2,25,32)(H2,26,27,28,29). The van der Waals surface area contributed by atoms with Gasteiger partial charge in [0.2, 0.25) is 0 Å². The number of aryl methyl sites for hydroxylation is 2. The first-order valence-corrected chi connectivity index (χ1v) is 11.8. The van der Waals surface area contributed by atoms with Crippen molar-refractivity contribution in [3.05, 3.63) is 70.0 Å². The molecule has 8 nitrogen and oxygen atoms in total. The van der Waals surface area contributed by atoms with E-state index in [1.54, 1.807) is 6.92 Å². The molecule has 1 aliphatic heterocycles. The highest BCUT2D eigenvalue weighted by molar-refractivity contribution is 7.17. The molecule has 0 unspecified atom stereocenters. The number of para-hydroxylation sites is 1. The number of aromatic nitrogens is 2. The van der Waals surface area contributed by atoms with Gasteiger partial charge in [-0.1, -0.05) is 41.1 Å². The van der Waals surface area contributed by atoms with Crippen LogP contribution in [0, 0.1) is 13.8 Å². The molecule has 33 heavy (non-hydrogen) atoms. The minimum Gasteiger partial charge on any atom is -0.370 e. The lowest BCUT2D eigenvalue weighted by Crippen LogP contribution is -2.27. The second-order valence-corrected chi connectivity index (χ2v) is 9.14. The summed E-state index contributed by atoms with van der Waals surface area (Å²) in [6, 6.07) is 11.7. The molecule has 1 aromatic carbocycles. The van der Waals surface area contributed by atoms with Gasteiger partial charge in [0, 0.05) is 25.5 Å². The zero-order valence-electron chi connectivity index (χ0n) is 18.5. The molecule has 1 amide bonds. The fourth-order valence-electron chi connectivity index (χ4n) is 3.63. The number of nitrogens with two attached hydrogens (primary N) is 1. The summed E-state index contributed by atoms with van der Waals surface area (Å²) in [5.41, 5.74) is 8.20. The number of amides is 1. The molecule has 10 heteroatoms. The summed E-state index contributed by atoms with van der Waals surface area (Å²) in [5.74, 6) is 0.950. The lowest BCUT2D eigenvalue weighted by atomic mass is 10.2. The Morgan fingerprint density at radius 1 is 1.15 bits per heavy atom. The summed E-state index contributed by atoms with van der Waals surface area (Å²) in [7, 11) is 0. The zero-order valence-corrected chi connectivity index (χ0v) is 20.1. The maximum Gasteiger partial charge on any atom is 0.260 e. The van der Waals surface area contributed by atoms with E-state index in [1.165, 1.54) is 11.3 Å². The van der Waals surface area contributed by atoms with E-state index in [0.717, 1.165) is 48.3 Å². The number of carbonyl (C=O) groups is 1. The van der Waals surface area contributed by atoms with Crippen LogP contribution >= 0.6 is 22.9 Å². The van der Waals surface area contributed by atoms with E-state index in [4.69, 9.17) is 17.3 Å². The number of nitrogens with one attached hydrogen (secondary N) is 2. The van der Waals surface area contributed by atoms with Crippen molar-refractivity contribution in [1.29, 1.82) is 0 Å². The van der Waals surface area contributed by atoms with Gasteiger partial charge in [-0.05, 0) is 44.0 Å². The first kappa shape index (κ1) is 22.9. The van der Waals surface area contributed by atoms with Gasteiger partial charge in [0.05, 0.1) is 23.1 Å². The number of primary amides is 1. The lowest BCUT2D eigenvalue weighted by Gasteiger charge is -2.23. The van der Waals surface area contributed by atoms with Crippen LogP contribution < -0.4 is 21.3 Å². The summed E-state index contributed by atoms with van der Waals surface area (Å²) >= 11 is 7.62. The summed E-state index contributed by atoms with van der Waals surface area (Å²) in [6.45, 7) is 6.31. The first-order chi connectivity index (χ1) is 15.9. The lowest BCUT2D eigenvalue weighted by molar-refractivity contribution is 0.100. The second-order valence-electron chi connectivity index (χ2n) is 7.74. The van der Waals surface area contributed by atoms with Gasteiger partial charge in [-0.15, -0.1) is 0 Å². The van der Waals surface area contributed by atoms with Crippen molar-refractivity contribution in [2.24, 2.45) is 5.73 Å². The van der Waals surface area contributed by atoms with E-state index >= 15 is 0 Å². The highest BCUT2D eigenvalue weighted by Gasteiger charge is 2.17. The number of hydrogen-bond donors (Lipinski definition) is 3. The van der Waals surface area contributed by atoms with Crippen LogP contribution in [0.3, 0.4) is 0 Å². The topological polar surface area (TPSA) is 99.4 Å². The molecular formula is C23H26ClN7OS. The summed E-state index contributed by atoms with van der Waals surface area (Å²) in [4.78, 5) is 25.2. The first-order valence-electron chi connectivity index (χ1n) is 10.6. The zero-order chi connectivity index (χ0) is 23.4. The maximum absolute atomic E-state index is 11.4. The molecular weight excluding hydrogens is 458 g/mol. The van der Waals surface area contributed by atoms with Gasteiger partial charge < -0.3 is 26.2 Å². The fraction of sp³-hybridized carbons (Fsp3) is 0.261. The number of hydrogen-bond acceptors (Lipinski definition) is 8. The van der Waals surface area contributed by atoms with E-state index in [1.807, 2.05) is 30.3 Å². The van der Waals surface area contributed by atoms with Gasteiger partial charge in [0.25, 0.3) is 5.91 Å². The molecule has 3 heterocycles. The highest BCUT2D eigenvalue weighted by Crippen LogP contribution is 2.31. The number of halogens is 1.